The summed E-state index contributed by atoms with van der Waals surface area (Å²) in [7, 11) is -1.14. The molecule has 0 bridgehead atoms. The number of carbonyl (C=O) groups is 1. The minimum absolute atomic E-state index is 0.0231. The van der Waals surface area contributed by atoms with Crippen LogP contribution in [0.5, 0.6) is 11.5 Å². The standard InChI is InChI=1S/C12H16O7S/c1-18-10-7-8(20(16,17)5-3-4-13)6-9(12(14)15)11(10)19-2/h6-7,13H,3-5H2,1-2H3,(H,14,15). The van der Waals surface area contributed by atoms with Crippen molar-refractivity contribution in [1.29, 1.82) is 0 Å². The van der Waals surface area contributed by atoms with Crippen molar-refractivity contribution >= 4 is 15.8 Å². The molecule has 112 valence electrons. The molecular formula is C12H16O7S. The summed E-state index contributed by atoms with van der Waals surface area (Å²) < 4.78 is 34.0. The summed E-state index contributed by atoms with van der Waals surface area (Å²) in [4.78, 5) is 11.0. The first-order chi connectivity index (χ1) is 9.37. The number of aromatic carboxylic acids is 1. The highest BCUT2D eigenvalue weighted by Gasteiger charge is 2.23. The Labute approximate surface area is 116 Å². The van der Waals surface area contributed by atoms with Crippen LogP contribution in [0.2, 0.25) is 0 Å². The van der Waals surface area contributed by atoms with Crippen molar-refractivity contribution in [3.05, 3.63) is 17.7 Å². The molecule has 0 aliphatic carbocycles. The molecule has 0 saturated carbocycles. The van der Waals surface area contributed by atoms with Crippen LogP contribution in [0.25, 0.3) is 0 Å². The number of rotatable bonds is 7. The third-order valence-electron chi connectivity index (χ3n) is 2.61. The first kappa shape index (κ1) is 16.3. The first-order valence-corrected chi connectivity index (χ1v) is 7.35. The van der Waals surface area contributed by atoms with Gasteiger partial charge in [-0.05, 0) is 12.5 Å². The molecular weight excluding hydrogens is 288 g/mol. The zero-order valence-electron chi connectivity index (χ0n) is 11.1. The highest BCUT2D eigenvalue weighted by molar-refractivity contribution is 7.91. The van der Waals surface area contributed by atoms with Gasteiger partial charge in [0.1, 0.15) is 5.56 Å². The SMILES string of the molecule is COc1cc(S(=O)(=O)CCCO)cc(C(=O)O)c1OC. The number of carboxylic acid groups (broad SMARTS) is 1. The summed E-state index contributed by atoms with van der Waals surface area (Å²) in [6, 6.07) is 2.23. The molecule has 0 heterocycles. The second-order valence-electron chi connectivity index (χ2n) is 3.91. The summed E-state index contributed by atoms with van der Waals surface area (Å²) in [6.07, 6.45) is 0.0685. The maximum Gasteiger partial charge on any atom is 0.339 e. The van der Waals surface area contributed by atoms with Crippen LogP contribution in [-0.4, -0.2) is 51.2 Å². The lowest BCUT2D eigenvalue weighted by Crippen LogP contribution is -2.11. The number of methoxy groups -OCH3 is 2. The molecule has 0 aromatic heterocycles. The van der Waals surface area contributed by atoms with E-state index in [1.807, 2.05) is 0 Å². The van der Waals surface area contributed by atoms with E-state index in [0.717, 1.165) is 6.07 Å². The summed E-state index contributed by atoms with van der Waals surface area (Å²) in [6.45, 7) is -0.266. The molecule has 0 aliphatic heterocycles. The van der Waals surface area contributed by atoms with Gasteiger partial charge in [0, 0.05) is 12.7 Å². The van der Waals surface area contributed by atoms with Crippen LogP contribution < -0.4 is 9.47 Å². The van der Waals surface area contributed by atoms with Gasteiger partial charge in [0.05, 0.1) is 24.9 Å². The van der Waals surface area contributed by atoms with Crippen molar-refractivity contribution in [2.24, 2.45) is 0 Å². The second kappa shape index (κ2) is 6.58. The van der Waals surface area contributed by atoms with Gasteiger partial charge >= 0.3 is 5.97 Å². The number of hydrogen-bond acceptors (Lipinski definition) is 6. The largest absolute Gasteiger partial charge is 0.493 e. The van der Waals surface area contributed by atoms with Gasteiger partial charge in [-0.3, -0.25) is 0 Å². The third-order valence-corrected chi connectivity index (χ3v) is 4.39. The fourth-order valence-electron chi connectivity index (χ4n) is 1.65. The Morgan fingerprint density at radius 1 is 1.25 bits per heavy atom. The number of hydrogen-bond donors (Lipinski definition) is 2. The Morgan fingerprint density at radius 3 is 2.35 bits per heavy atom. The molecule has 1 rings (SSSR count). The Balaban J connectivity index is 3.43. The Kier molecular flexibility index (Phi) is 5.34. The van der Waals surface area contributed by atoms with E-state index in [-0.39, 0.29) is 40.7 Å². The van der Waals surface area contributed by atoms with Crippen molar-refractivity contribution in [3.63, 3.8) is 0 Å². The molecule has 0 spiro atoms. The zero-order chi connectivity index (χ0) is 15.3. The fraction of sp³-hybridized carbons (Fsp3) is 0.417. The Bertz CT molecular complexity index is 592. The first-order valence-electron chi connectivity index (χ1n) is 5.70. The topological polar surface area (TPSA) is 110 Å². The van der Waals surface area contributed by atoms with E-state index in [1.165, 1.54) is 20.3 Å². The van der Waals surface area contributed by atoms with E-state index in [9.17, 15) is 13.2 Å². The Morgan fingerprint density at radius 2 is 1.90 bits per heavy atom. The summed E-state index contributed by atoms with van der Waals surface area (Å²) in [5.74, 6) is -1.62. The molecule has 7 nitrogen and oxygen atoms in total. The van der Waals surface area contributed by atoms with E-state index >= 15 is 0 Å². The van der Waals surface area contributed by atoms with Gasteiger partial charge in [0.25, 0.3) is 0 Å². The van der Waals surface area contributed by atoms with E-state index in [1.54, 1.807) is 0 Å². The zero-order valence-corrected chi connectivity index (χ0v) is 11.9. The Hall–Kier alpha value is -1.80. The van der Waals surface area contributed by atoms with E-state index in [4.69, 9.17) is 19.7 Å². The van der Waals surface area contributed by atoms with Gasteiger partial charge in [-0.1, -0.05) is 0 Å². The number of aliphatic hydroxyl groups excluding tert-OH is 1. The average Bonchev–Trinajstić information content (AvgIpc) is 2.43. The maximum absolute atomic E-state index is 12.0. The highest BCUT2D eigenvalue weighted by Crippen LogP contribution is 2.34. The molecule has 2 N–H and O–H groups in total. The molecule has 0 atom stereocenters. The highest BCUT2D eigenvalue weighted by atomic mass is 32.2. The van der Waals surface area contributed by atoms with E-state index in [2.05, 4.69) is 0 Å². The van der Waals surface area contributed by atoms with Crippen molar-refractivity contribution in [2.45, 2.75) is 11.3 Å². The van der Waals surface area contributed by atoms with Gasteiger partial charge in [-0.25, -0.2) is 13.2 Å². The lowest BCUT2D eigenvalue weighted by atomic mass is 10.2. The molecule has 8 heteroatoms. The monoisotopic (exact) mass is 304 g/mol. The summed E-state index contributed by atoms with van der Waals surface area (Å²) in [5.41, 5.74) is -0.297. The van der Waals surface area contributed by atoms with Crippen LogP contribution in [-0.2, 0) is 9.84 Å². The van der Waals surface area contributed by atoms with Crippen molar-refractivity contribution in [1.82, 2.24) is 0 Å². The molecule has 0 unspecified atom stereocenters. The number of benzene rings is 1. The van der Waals surface area contributed by atoms with Crippen LogP contribution in [0, 0.1) is 0 Å². The average molecular weight is 304 g/mol. The predicted molar refractivity (Wildman–Crippen MR) is 70.3 cm³/mol. The van der Waals surface area contributed by atoms with Crippen molar-refractivity contribution in [2.75, 3.05) is 26.6 Å². The van der Waals surface area contributed by atoms with Gasteiger partial charge in [-0.2, -0.15) is 0 Å². The summed E-state index contributed by atoms with van der Waals surface area (Å²) >= 11 is 0. The van der Waals surface area contributed by atoms with Crippen LogP contribution in [0.15, 0.2) is 17.0 Å². The molecule has 0 saturated heterocycles. The third kappa shape index (κ3) is 3.40. The van der Waals surface area contributed by atoms with Gasteiger partial charge in [-0.15, -0.1) is 0 Å². The van der Waals surface area contributed by atoms with Gasteiger partial charge in [0.15, 0.2) is 21.3 Å². The van der Waals surface area contributed by atoms with Crippen LogP contribution in [0.4, 0.5) is 0 Å². The second-order valence-corrected chi connectivity index (χ2v) is 6.02. The molecule has 0 amide bonds. The molecule has 0 radical (unpaired) electrons. The number of sulfone groups is 1. The lowest BCUT2D eigenvalue weighted by Gasteiger charge is -2.13. The number of carboxylic acids is 1. The molecule has 20 heavy (non-hydrogen) atoms. The van der Waals surface area contributed by atoms with Gasteiger partial charge in [0.2, 0.25) is 0 Å². The quantitative estimate of drug-likeness (QED) is 0.757. The normalized spacial score (nSPS) is 11.2. The van der Waals surface area contributed by atoms with E-state index < -0.39 is 15.8 Å². The van der Waals surface area contributed by atoms with Crippen LogP contribution >= 0.6 is 0 Å². The molecule has 1 aromatic rings. The fourth-order valence-corrected chi connectivity index (χ4v) is 2.98. The number of aliphatic hydroxyl groups is 1. The smallest absolute Gasteiger partial charge is 0.339 e. The molecule has 0 aliphatic rings. The predicted octanol–water partition coefficient (Wildman–Crippen LogP) is 0.558. The molecule has 0 fully saturated rings. The minimum Gasteiger partial charge on any atom is -0.493 e. The minimum atomic E-state index is -3.69. The van der Waals surface area contributed by atoms with Crippen LogP contribution in [0.3, 0.4) is 0 Å². The summed E-state index contributed by atoms with van der Waals surface area (Å²) in [5, 5.41) is 17.8. The number of ether oxygens (including phenoxy) is 2. The lowest BCUT2D eigenvalue weighted by molar-refractivity contribution is 0.0692. The molecule has 1 aromatic carbocycles. The van der Waals surface area contributed by atoms with Gasteiger partial charge < -0.3 is 19.7 Å². The van der Waals surface area contributed by atoms with Crippen molar-refractivity contribution < 1.29 is 32.9 Å². The van der Waals surface area contributed by atoms with E-state index in [0.29, 0.717) is 0 Å². The van der Waals surface area contributed by atoms with Crippen molar-refractivity contribution in [3.8, 4) is 11.5 Å². The maximum atomic E-state index is 12.0. The van der Waals surface area contributed by atoms with Crippen LogP contribution in [0.1, 0.15) is 16.8 Å².